The number of carboxylic acids is 1. The summed E-state index contributed by atoms with van der Waals surface area (Å²) in [5.41, 5.74) is 1.79. The molecule has 0 fully saturated rings. The molecule has 1 rings (SSSR count). The van der Waals surface area contributed by atoms with Crippen molar-refractivity contribution in [2.45, 2.75) is 32.1 Å². The summed E-state index contributed by atoms with van der Waals surface area (Å²) >= 11 is 0. The Hall–Kier alpha value is -1.40. The third-order valence-electron chi connectivity index (χ3n) is 2.81. The Morgan fingerprint density at radius 2 is 1.83 bits per heavy atom. The molecular weight excluding hydrogens is 254 g/mol. The Morgan fingerprint density at radius 3 is 2.33 bits per heavy atom. The van der Waals surface area contributed by atoms with Crippen molar-refractivity contribution in [1.29, 1.82) is 0 Å². The molecule has 2 unspecified atom stereocenters. The molecule has 1 aromatic rings. The molecule has 2 N–H and O–H groups in total. The van der Waals surface area contributed by atoms with Crippen LogP contribution in [0, 0.1) is 6.92 Å². The minimum absolute atomic E-state index is 0.460. The fourth-order valence-electron chi connectivity index (χ4n) is 1.62. The zero-order valence-corrected chi connectivity index (χ0v) is 11.4. The number of carboxylic acid groups (broad SMARTS) is 1. The quantitative estimate of drug-likeness (QED) is 0.849. The molecule has 0 spiro atoms. The zero-order chi connectivity index (χ0) is 13.9. The molecule has 0 aromatic heterocycles. The lowest BCUT2D eigenvalue weighted by Crippen LogP contribution is -2.38. The second-order valence-corrected chi connectivity index (χ2v) is 6.25. The third kappa shape index (κ3) is 3.30. The van der Waals surface area contributed by atoms with Gasteiger partial charge in [0.15, 0.2) is 5.25 Å². The topological polar surface area (TPSA) is 83.5 Å². The number of aliphatic carboxylic acids is 1. The number of hydrogen-bond acceptors (Lipinski definition) is 3. The van der Waals surface area contributed by atoms with Gasteiger partial charge in [-0.25, -0.2) is 13.1 Å². The Kier molecular flexibility index (Phi) is 4.48. The second kappa shape index (κ2) is 5.49. The number of hydrogen-bond donors (Lipinski definition) is 2. The minimum Gasteiger partial charge on any atom is -0.480 e. The van der Waals surface area contributed by atoms with Crippen molar-refractivity contribution >= 4 is 16.0 Å². The lowest BCUT2D eigenvalue weighted by Gasteiger charge is -2.18. The summed E-state index contributed by atoms with van der Waals surface area (Å²) in [5.74, 6) is -1.36. The Bertz CT molecular complexity index is 539. The van der Waals surface area contributed by atoms with Gasteiger partial charge in [0.1, 0.15) is 0 Å². The smallest absolute Gasteiger partial charge is 0.323 e. The largest absolute Gasteiger partial charge is 0.480 e. The summed E-state index contributed by atoms with van der Waals surface area (Å²) in [6.45, 7) is 4.71. The fourth-order valence-corrected chi connectivity index (χ4v) is 2.71. The monoisotopic (exact) mass is 271 g/mol. The molecule has 0 saturated heterocycles. The molecule has 0 saturated carbocycles. The summed E-state index contributed by atoms with van der Waals surface area (Å²) in [6, 6.07) is 6.90. The SMILES string of the molecule is Cc1ccccc1C(C)NS(=O)(=O)C(C)C(=O)O. The van der Waals surface area contributed by atoms with E-state index in [9.17, 15) is 13.2 Å². The maximum atomic E-state index is 11.8. The maximum absolute atomic E-state index is 11.8. The van der Waals surface area contributed by atoms with Crippen LogP contribution in [0.15, 0.2) is 24.3 Å². The van der Waals surface area contributed by atoms with Crippen LogP contribution in [0.4, 0.5) is 0 Å². The lowest BCUT2D eigenvalue weighted by molar-refractivity contribution is -0.136. The molecule has 0 amide bonds. The molecule has 0 radical (unpaired) electrons. The van der Waals surface area contributed by atoms with Gasteiger partial charge in [0, 0.05) is 6.04 Å². The molecule has 100 valence electrons. The van der Waals surface area contributed by atoms with Crippen LogP contribution in [0.5, 0.6) is 0 Å². The molecule has 0 aliphatic rings. The van der Waals surface area contributed by atoms with Crippen LogP contribution < -0.4 is 4.72 Å². The number of benzene rings is 1. The first-order valence-electron chi connectivity index (χ1n) is 5.55. The Balaban J connectivity index is 2.92. The van der Waals surface area contributed by atoms with Crippen molar-refractivity contribution in [3.8, 4) is 0 Å². The van der Waals surface area contributed by atoms with E-state index in [0.29, 0.717) is 0 Å². The van der Waals surface area contributed by atoms with Crippen molar-refractivity contribution < 1.29 is 18.3 Å². The Morgan fingerprint density at radius 1 is 1.28 bits per heavy atom. The van der Waals surface area contributed by atoms with Crippen LogP contribution >= 0.6 is 0 Å². The van der Waals surface area contributed by atoms with Crippen LogP contribution in [-0.2, 0) is 14.8 Å². The average Bonchev–Trinajstić information content (AvgIpc) is 2.27. The van der Waals surface area contributed by atoms with Gasteiger partial charge < -0.3 is 5.11 Å². The number of carbonyl (C=O) groups is 1. The first kappa shape index (κ1) is 14.7. The first-order valence-corrected chi connectivity index (χ1v) is 7.10. The van der Waals surface area contributed by atoms with Crippen LogP contribution in [0.25, 0.3) is 0 Å². The molecule has 1 aromatic carbocycles. The lowest BCUT2D eigenvalue weighted by atomic mass is 10.0. The van der Waals surface area contributed by atoms with Gasteiger partial charge in [-0.3, -0.25) is 4.79 Å². The summed E-state index contributed by atoms with van der Waals surface area (Å²) in [5, 5.41) is 7.27. The molecule has 18 heavy (non-hydrogen) atoms. The van der Waals surface area contributed by atoms with Crippen LogP contribution in [0.1, 0.15) is 31.0 Å². The van der Waals surface area contributed by atoms with Crippen LogP contribution in [-0.4, -0.2) is 24.7 Å². The average molecular weight is 271 g/mol. The van der Waals surface area contributed by atoms with E-state index in [1.807, 2.05) is 31.2 Å². The van der Waals surface area contributed by atoms with Gasteiger partial charge in [-0.2, -0.15) is 0 Å². The first-order chi connectivity index (χ1) is 8.25. The minimum atomic E-state index is -3.87. The zero-order valence-electron chi connectivity index (χ0n) is 10.5. The Labute approximate surface area is 107 Å². The highest BCUT2D eigenvalue weighted by atomic mass is 32.2. The molecule has 5 nitrogen and oxygen atoms in total. The highest BCUT2D eigenvalue weighted by Gasteiger charge is 2.29. The predicted octanol–water partition coefficient (Wildman–Crippen LogP) is 1.45. The molecular formula is C12H17NO4S. The van der Waals surface area contributed by atoms with E-state index in [4.69, 9.17) is 5.11 Å². The summed E-state index contributed by atoms with van der Waals surface area (Å²) in [7, 11) is -3.87. The third-order valence-corrected chi connectivity index (χ3v) is 4.62. The van der Waals surface area contributed by atoms with E-state index in [0.717, 1.165) is 18.1 Å². The molecule has 6 heteroatoms. The second-order valence-electron chi connectivity index (χ2n) is 4.22. The standard InChI is InChI=1S/C12H17NO4S/c1-8-6-4-5-7-11(8)9(2)13-18(16,17)10(3)12(14)15/h4-7,9-10,13H,1-3H3,(H,14,15). The van der Waals surface area contributed by atoms with E-state index >= 15 is 0 Å². The van der Waals surface area contributed by atoms with Gasteiger partial charge in [0.2, 0.25) is 10.0 Å². The van der Waals surface area contributed by atoms with Gasteiger partial charge in [0.25, 0.3) is 0 Å². The van der Waals surface area contributed by atoms with Crippen LogP contribution in [0.2, 0.25) is 0 Å². The van der Waals surface area contributed by atoms with E-state index < -0.39 is 27.3 Å². The summed E-state index contributed by atoms with van der Waals surface area (Å²) in [4.78, 5) is 10.7. The van der Waals surface area contributed by atoms with Gasteiger partial charge in [-0.15, -0.1) is 0 Å². The van der Waals surface area contributed by atoms with Crippen molar-refractivity contribution in [2.24, 2.45) is 0 Å². The summed E-state index contributed by atoms with van der Waals surface area (Å²) < 4.78 is 25.9. The molecule has 2 atom stereocenters. The highest BCUT2D eigenvalue weighted by Crippen LogP contribution is 2.18. The van der Waals surface area contributed by atoms with E-state index in [1.165, 1.54) is 0 Å². The molecule has 0 bridgehead atoms. The molecule has 0 aliphatic heterocycles. The van der Waals surface area contributed by atoms with Crippen molar-refractivity contribution in [3.63, 3.8) is 0 Å². The van der Waals surface area contributed by atoms with Crippen molar-refractivity contribution in [3.05, 3.63) is 35.4 Å². The summed E-state index contributed by atoms with van der Waals surface area (Å²) in [6.07, 6.45) is 0. The molecule has 0 aliphatic carbocycles. The highest BCUT2D eigenvalue weighted by molar-refractivity contribution is 7.90. The number of sulfonamides is 1. The maximum Gasteiger partial charge on any atom is 0.323 e. The van der Waals surface area contributed by atoms with Gasteiger partial charge in [-0.05, 0) is 31.9 Å². The molecule has 0 heterocycles. The fraction of sp³-hybridized carbons (Fsp3) is 0.417. The number of rotatable bonds is 5. The van der Waals surface area contributed by atoms with Gasteiger partial charge in [-0.1, -0.05) is 24.3 Å². The normalized spacial score (nSPS) is 15.1. The van der Waals surface area contributed by atoms with Gasteiger partial charge in [0.05, 0.1) is 0 Å². The number of aryl methyl sites for hydroxylation is 1. The predicted molar refractivity (Wildman–Crippen MR) is 68.7 cm³/mol. The van der Waals surface area contributed by atoms with E-state index in [2.05, 4.69) is 4.72 Å². The van der Waals surface area contributed by atoms with E-state index in [-0.39, 0.29) is 0 Å². The van der Waals surface area contributed by atoms with Crippen LogP contribution in [0.3, 0.4) is 0 Å². The van der Waals surface area contributed by atoms with Gasteiger partial charge >= 0.3 is 5.97 Å². The van der Waals surface area contributed by atoms with Crippen molar-refractivity contribution in [1.82, 2.24) is 4.72 Å². The number of nitrogens with one attached hydrogen (secondary N) is 1. The van der Waals surface area contributed by atoms with E-state index in [1.54, 1.807) is 6.92 Å². The van der Waals surface area contributed by atoms with Crippen molar-refractivity contribution in [2.75, 3.05) is 0 Å².